The number of thiazole rings is 1. The van der Waals surface area contributed by atoms with Crippen molar-refractivity contribution in [3.8, 4) is 0 Å². The molecule has 7 heteroatoms. The molecule has 1 aromatic heterocycles. The first-order chi connectivity index (χ1) is 10.7. The fourth-order valence-corrected chi connectivity index (χ4v) is 3.21. The second-order valence-corrected chi connectivity index (χ2v) is 6.46. The summed E-state index contributed by atoms with van der Waals surface area (Å²) in [6.45, 7) is 2.69. The molecule has 0 aliphatic heterocycles. The smallest absolute Gasteiger partial charge is 0.321 e. The maximum Gasteiger partial charge on any atom is 0.321 e. The lowest BCUT2D eigenvalue weighted by molar-refractivity contribution is -0.120. The largest absolute Gasteiger partial charge is 0.356 e. The summed E-state index contributed by atoms with van der Waals surface area (Å²) in [4.78, 5) is 27.8. The van der Waals surface area contributed by atoms with Gasteiger partial charge in [-0.1, -0.05) is 26.2 Å². The van der Waals surface area contributed by atoms with E-state index in [0.29, 0.717) is 17.4 Å². The zero-order chi connectivity index (χ0) is 15.8. The highest BCUT2D eigenvalue weighted by Gasteiger charge is 2.16. The summed E-state index contributed by atoms with van der Waals surface area (Å²) in [5, 5.41) is 10.9. The summed E-state index contributed by atoms with van der Waals surface area (Å²) in [6, 6.07) is 0.0660. The van der Waals surface area contributed by atoms with E-state index >= 15 is 0 Å². The number of rotatable bonds is 6. The van der Waals surface area contributed by atoms with E-state index in [-0.39, 0.29) is 24.4 Å². The van der Waals surface area contributed by atoms with E-state index in [2.05, 4.69) is 20.9 Å². The molecule has 0 spiro atoms. The van der Waals surface area contributed by atoms with Crippen molar-refractivity contribution in [2.24, 2.45) is 0 Å². The van der Waals surface area contributed by atoms with Crippen LogP contribution in [0.4, 0.5) is 9.93 Å². The number of carbonyl (C=O) groups is 2. The Morgan fingerprint density at radius 2 is 2.09 bits per heavy atom. The van der Waals surface area contributed by atoms with E-state index in [9.17, 15) is 9.59 Å². The Morgan fingerprint density at radius 1 is 1.32 bits per heavy atom. The molecule has 0 atom stereocenters. The van der Waals surface area contributed by atoms with Gasteiger partial charge in [0, 0.05) is 18.0 Å². The van der Waals surface area contributed by atoms with Gasteiger partial charge in [-0.05, 0) is 19.3 Å². The number of nitrogens with zero attached hydrogens (tertiary/aromatic N) is 1. The number of urea groups is 1. The van der Waals surface area contributed by atoms with Crippen molar-refractivity contribution >= 4 is 28.4 Å². The zero-order valence-electron chi connectivity index (χ0n) is 13.0. The lowest BCUT2D eigenvalue weighted by atomic mass is 9.96. The molecule has 6 nitrogen and oxygen atoms in total. The molecular formula is C15H24N4O2S. The van der Waals surface area contributed by atoms with Gasteiger partial charge in [0.2, 0.25) is 5.91 Å². The van der Waals surface area contributed by atoms with Crippen molar-refractivity contribution in [1.82, 2.24) is 15.6 Å². The van der Waals surface area contributed by atoms with Crippen LogP contribution in [0, 0.1) is 0 Å². The molecule has 3 amide bonds. The Kier molecular flexibility index (Phi) is 6.64. The van der Waals surface area contributed by atoms with Crippen LogP contribution in [0.25, 0.3) is 0 Å². The van der Waals surface area contributed by atoms with Crippen LogP contribution >= 0.6 is 11.3 Å². The SMILES string of the molecule is CCCNC(=O)Cc1csc(NC(=O)NC2CCCCC2)n1. The molecule has 0 unspecified atom stereocenters. The minimum atomic E-state index is -0.205. The minimum Gasteiger partial charge on any atom is -0.356 e. The highest BCUT2D eigenvalue weighted by atomic mass is 32.1. The number of amides is 3. The van der Waals surface area contributed by atoms with Crippen LogP contribution in [0.5, 0.6) is 0 Å². The number of hydrogen-bond donors (Lipinski definition) is 3. The van der Waals surface area contributed by atoms with Crippen LogP contribution < -0.4 is 16.0 Å². The Labute approximate surface area is 135 Å². The highest BCUT2D eigenvalue weighted by Crippen LogP contribution is 2.18. The van der Waals surface area contributed by atoms with E-state index in [4.69, 9.17) is 0 Å². The van der Waals surface area contributed by atoms with Crippen molar-refractivity contribution in [3.63, 3.8) is 0 Å². The van der Waals surface area contributed by atoms with Crippen LogP contribution in [-0.4, -0.2) is 29.5 Å². The number of aromatic nitrogens is 1. The summed E-state index contributed by atoms with van der Waals surface area (Å²) in [5.41, 5.74) is 0.687. The van der Waals surface area contributed by atoms with Gasteiger partial charge in [-0.2, -0.15) is 0 Å². The minimum absolute atomic E-state index is 0.0367. The first-order valence-corrected chi connectivity index (χ1v) is 8.84. The first-order valence-electron chi connectivity index (χ1n) is 7.96. The highest BCUT2D eigenvalue weighted by molar-refractivity contribution is 7.13. The molecule has 1 aliphatic carbocycles. The van der Waals surface area contributed by atoms with Crippen molar-refractivity contribution < 1.29 is 9.59 Å². The molecule has 1 heterocycles. The van der Waals surface area contributed by atoms with E-state index < -0.39 is 0 Å². The Hall–Kier alpha value is -1.63. The monoisotopic (exact) mass is 324 g/mol. The molecule has 0 aromatic carbocycles. The van der Waals surface area contributed by atoms with Gasteiger partial charge in [-0.25, -0.2) is 9.78 Å². The van der Waals surface area contributed by atoms with Crippen LogP contribution in [0.2, 0.25) is 0 Å². The predicted molar refractivity (Wildman–Crippen MR) is 88.1 cm³/mol. The molecular weight excluding hydrogens is 300 g/mol. The van der Waals surface area contributed by atoms with Gasteiger partial charge in [0.25, 0.3) is 0 Å². The molecule has 0 bridgehead atoms. The Bertz CT molecular complexity index is 497. The maximum atomic E-state index is 11.9. The van der Waals surface area contributed by atoms with Crippen molar-refractivity contribution in [2.45, 2.75) is 57.9 Å². The number of nitrogens with one attached hydrogen (secondary N) is 3. The second kappa shape index (κ2) is 8.73. The van der Waals surface area contributed by atoms with Crippen molar-refractivity contribution in [2.75, 3.05) is 11.9 Å². The first kappa shape index (κ1) is 16.7. The summed E-state index contributed by atoms with van der Waals surface area (Å²) in [5.74, 6) is -0.0367. The van der Waals surface area contributed by atoms with Gasteiger partial charge in [0.15, 0.2) is 5.13 Å². The van der Waals surface area contributed by atoms with Gasteiger partial charge in [0.1, 0.15) is 0 Å². The number of hydrogen-bond acceptors (Lipinski definition) is 4. The summed E-state index contributed by atoms with van der Waals surface area (Å²) in [7, 11) is 0. The summed E-state index contributed by atoms with van der Waals surface area (Å²) >= 11 is 1.34. The van der Waals surface area contributed by atoms with Crippen molar-refractivity contribution in [1.29, 1.82) is 0 Å². The van der Waals surface area contributed by atoms with Gasteiger partial charge in [0.05, 0.1) is 12.1 Å². The third-order valence-electron chi connectivity index (χ3n) is 3.63. The molecule has 1 aromatic rings. The predicted octanol–water partition coefficient (Wildman–Crippen LogP) is 2.67. The molecule has 1 saturated carbocycles. The fraction of sp³-hybridized carbons (Fsp3) is 0.667. The quantitative estimate of drug-likeness (QED) is 0.752. The number of anilines is 1. The van der Waals surface area contributed by atoms with Gasteiger partial charge in [-0.3, -0.25) is 10.1 Å². The van der Waals surface area contributed by atoms with E-state index in [1.807, 2.05) is 12.3 Å². The average Bonchev–Trinajstić information content (AvgIpc) is 2.93. The van der Waals surface area contributed by atoms with E-state index in [1.165, 1.54) is 30.6 Å². The van der Waals surface area contributed by atoms with Crippen LogP contribution in [0.3, 0.4) is 0 Å². The fourth-order valence-electron chi connectivity index (χ4n) is 2.50. The van der Waals surface area contributed by atoms with Gasteiger partial charge >= 0.3 is 6.03 Å². The molecule has 122 valence electrons. The molecule has 0 radical (unpaired) electrons. The lowest BCUT2D eigenvalue weighted by Gasteiger charge is -2.22. The second-order valence-electron chi connectivity index (χ2n) is 5.60. The summed E-state index contributed by atoms with van der Waals surface area (Å²) in [6.07, 6.45) is 6.88. The lowest BCUT2D eigenvalue weighted by Crippen LogP contribution is -2.39. The Morgan fingerprint density at radius 3 is 2.82 bits per heavy atom. The maximum absolute atomic E-state index is 11.9. The average molecular weight is 324 g/mol. The normalized spacial score (nSPS) is 15.3. The van der Waals surface area contributed by atoms with Crippen molar-refractivity contribution in [3.05, 3.63) is 11.1 Å². The zero-order valence-corrected chi connectivity index (χ0v) is 13.8. The Balaban J connectivity index is 1.76. The molecule has 3 N–H and O–H groups in total. The van der Waals surface area contributed by atoms with Crippen LogP contribution in [0.1, 0.15) is 51.1 Å². The molecule has 0 saturated heterocycles. The van der Waals surface area contributed by atoms with Gasteiger partial charge in [-0.15, -0.1) is 11.3 Å². The van der Waals surface area contributed by atoms with Gasteiger partial charge < -0.3 is 10.6 Å². The standard InChI is InChI=1S/C15H24N4O2S/c1-2-8-16-13(20)9-12-10-22-15(18-12)19-14(21)17-11-6-4-3-5-7-11/h10-11H,2-9H2,1H3,(H,16,20)(H2,17,18,19,21). The third kappa shape index (κ3) is 5.63. The molecule has 22 heavy (non-hydrogen) atoms. The van der Waals surface area contributed by atoms with Crippen LogP contribution in [0.15, 0.2) is 5.38 Å². The van der Waals surface area contributed by atoms with E-state index in [1.54, 1.807) is 0 Å². The topological polar surface area (TPSA) is 83.1 Å². The third-order valence-corrected chi connectivity index (χ3v) is 4.43. The summed E-state index contributed by atoms with van der Waals surface area (Å²) < 4.78 is 0. The number of carbonyl (C=O) groups excluding carboxylic acids is 2. The van der Waals surface area contributed by atoms with E-state index in [0.717, 1.165) is 19.3 Å². The van der Waals surface area contributed by atoms with Crippen LogP contribution in [-0.2, 0) is 11.2 Å². The molecule has 2 rings (SSSR count). The molecule has 1 fully saturated rings. The molecule has 1 aliphatic rings.